The summed E-state index contributed by atoms with van der Waals surface area (Å²) in [6.45, 7) is 7.77. The van der Waals surface area contributed by atoms with Crippen LogP contribution >= 0.6 is 11.3 Å². The van der Waals surface area contributed by atoms with Crippen molar-refractivity contribution < 1.29 is 4.79 Å². The number of hydrogen-bond donors (Lipinski definition) is 2. The van der Waals surface area contributed by atoms with Crippen molar-refractivity contribution in [2.75, 3.05) is 7.05 Å². The van der Waals surface area contributed by atoms with Gasteiger partial charge in [-0.15, -0.1) is 11.3 Å². The van der Waals surface area contributed by atoms with Crippen LogP contribution < -0.4 is 10.6 Å². The SMILES string of the molecule is CCc1cnc(C(C)NC(=O)C(C)(C)NC)s1. The average Bonchev–Trinajstić information content (AvgIpc) is 2.77. The van der Waals surface area contributed by atoms with Crippen LogP contribution in [-0.4, -0.2) is 23.5 Å². The van der Waals surface area contributed by atoms with E-state index in [1.807, 2.05) is 27.0 Å². The standard InChI is InChI=1S/C12H21N3OS/c1-6-9-7-14-10(17-9)8(2)15-11(16)12(3,4)13-5/h7-8,13H,6H2,1-5H3,(H,15,16). The van der Waals surface area contributed by atoms with Crippen LogP contribution in [0.25, 0.3) is 0 Å². The van der Waals surface area contributed by atoms with Crippen LogP contribution in [0.5, 0.6) is 0 Å². The molecule has 1 aromatic heterocycles. The van der Waals surface area contributed by atoms with Crippen LogP contribution in [0.3, 0.4) is 0 Å². The van der Waals surface area contributed by atoms with E-state index in [4.69, 9.17) is 0 Å². The van der Waals surface area contributed by atoms with E-state index >= 15 is 0 Å². The van der Waals surface area contributed by atoms with E-state index < -0.39 is 5.54 Å². The molecule has 0 aromatic carbocycles. The number of aryl methyl sites for hydroxylation is 1. The lowest BCUT2D eigenvalue weighted by molar-refractivity contribution is -0.126. The molecule has 2 N–H and O–H groups in total. The second kappa shape index (κ2) is 5.60. The average molecular weight is 255 g/mol. The Morgan fingerprint density at radius 2 is 2.24 bits per heavy atom. The zero-order valence-electron chi connectivity index (χ0n) is 11.1. The van der Waals surface area contributed by atoms with Gasteiger partial charge in [0.2, 0.25) is 5.91 Å². The van der Waals surface area contributed by atoms with Crippen molar-refractivity contribution in [2.24, 2.45) is 0 Å². The fourth-order valence-electron chi connectivity index (χ4n) is 1.24. The molecular weight excluding hydrogens is 234 g/mol. The van der Waals surface area contributed by atoms with Crippen LogP contribution in [0.1, 0.15) is 43.6 Å². The van der Waals surface area contributed by atoms with Crippen molar-refractivity contribution in [3.8, 4) is 0 Å². The molecule has 5 heteroatoms. The summed E-state index contributed by atoms with van der Waals surface area (Å²) in [6.07, 6.45) is 2.87. The van der Waals surface area contributed by atoms with E-state index in [1.54, 1.807) is 18.4 Å². The highest BCUT2D eigenvalue weighted by molar-refractivity contribution is 7.11. The molecule has 0 aliphatic carbocycles. The third-order valence-corrected chi connectivity index (χ3v) is 4.15. The van der Waals surface area contributed by atoms with E-state index in [1.165, 1.54) is 4.88 Å². The smallest absolute Gasteiger partial charge is 0.240 e. The topological polar surface area (TPSA) is 54.0 Å². The zero-order valence-corrected chi connectivity index (χ0v) is 11.9. The molecule has 1 aromatic rings. The molecule has 1 rings (SSSR count). The van der Waals surface area contributed by atoms with Gasteiger partial charge in [-0.1, -0.05) is 6.92 Å². The van der Waals surface area contributed by atoms with Gasteiger partial charge in [0.25, 0.3) is 0 Å². The Hall–Kier alpha value is -0.940. The molecule has 96 valence electrons. The molecule has 0 aliphatic heterocycles. The molecule has 1 unspecified atom stereocenters. The predicted molar refractivity (Wildman–Crippen MR) is 71.2 cm³/mol. The van der Waals surface area contributed by atoms with Gasteiger partial charge >= 0.3 is 0 Å². The van der Waals surface area contributed by atoms with Crippen molar-refractivity contribution in [2.45, 2.75) is 45.7 Å². The number of aromatic nitrogens is 1. The van der Waals surface area contributed by atoms with Gasteiger partial charge < -0.3 is 10.6 Å². The molecule has 0 saturated carbocycles. The largest absolute Gasteiger partial charge is 0.346 e. The van der Waals surface area contributed by atoms with Crippen molar-refractivity contribution >= 4 is 17.2 Å². The summed E-state index contributed by atoms with van der Waals surface area (Å²) in [7, 11) is 1.78. The normalized spacial score (nSPS) is 13.5. The summed E-state index contributed by atoms with van der Waals surface area (Å²) < 4.78 is 0. The third-order valence-electron chi connectivity index (χ3n) is 2.83. The molecule has 0 saturated heterocycles. The molecular formula is C12H21N3OS. The van der Waals surface area contributed by atoms with Crippen molar-refractivity contribution in [3.63, 3.8) is 0 Å². The van der Waals surface area contributed by atoms with E-state index in [-0.39, 0.29) is 11.9 Å². The Morgan fingerprint density at radius 1 is 1.59 bits per heavy atom. The molecule has 1 amide bonds. The van der Waals surface area contributed by atoms with E-state index in [0.29, 0.717) is 0 Å². The van der Waals surface area contributed by atoms with Crippen LogP contribution in [0, 0.1) is 0 Å². The molecule has 17 heavy (non-hydrogen) atoms. The van der Waals surface area contributed by atoms with Crippen LogP contribution in [0.2, 0.25) is 0 Å². The monoisotopic (exact) mass is 255 g/mol. The first-order valence-electron chi connectivity index (χ1n) is 5.85. The first-order chi connectivity index (χ1) is 7.90. The zero-order chi connectivity index (χ0) is 13.1. The number of carbonyl (C=O) groups is 1. The number of rotatable bonds is 5. The highest BCUT2D eigenvalue weighted by Gasteiger charge is 2.27. The van der Waals surface area contributed by atoms with E-state index in [9.17, 15) is 4.79 Å². The highest BCUT2D eigenvalue weighted by atomic mass is 32.1. The second-order valence-electron chi connectivity index (χ2n) is 4.59. The van der Waals surface area contributed by atoms with Crippen molar-refractivity contribution in [1.29, 1.82) is 0 Å². The number of carbonyl (C=O) groups excluding carboxylic acids is 1. The first-order valence-corrected chi connectivity index (χ1v) is 6.66. The van der Waals surface area contributed by atoms with Gasteiger partial charge in [0.1, 0.15) is 5.01 Å². The van der Waals surface area contributed by atoms with Crippen molar-refractivity contribution in [3.05, 3.63) is 16.1 Å². The molecule has 0 bridgehead atoms. The first kappa shape index (κ1) is 14.1. The number of hydrogen-bond acceptors (Lipinski definition) is 4. The Labute approximate surface area is 107 Å². The summed E-state index contributed by atoms with van der Waals surface area (Å²) in [5, 5.41) is 6.92. The van der Waals surface area contributed by atoms with Gasteiger partial charge in [-0.3, -0.25) is 4.79 Å². The summed E-state index contributed by atoms with van der Waals surface area (Å²) >= 11 is 1.65. The maximum atomic E-state index is 12.0. The lowest BCUT2D eigenvalue weighted by Gasteiger charge is -2.24. The number of likely N-dealkylation sites (N-methyl/N-ethyl adjacent to an activating group) is 1. The van der Waals surface area contributed by atoms with Gasteiger partial charge in [0, 0.05) is 11.1 Å². The van der Waals surface area contributed by atoms with E-state index in [0.717, 1.165) is 11.4 Å². The van der Waals surface area contributed by atoms with Crippen LogP contribution in [0.4, 0.5) is 0 Å². The summed E-state index contributed by atoms with van der Waals surface area (Å²) in [6, 6.07) is -0.0413. The number of amides is 1. The van der Waals surface area contributed by atoms with Crippen molar-refractivity contribution in [1.82, 2.24) is 15.6 Å². The van der Waals surface area contributed by atoms with Gasteiger partial charge in [-0.2, -0.15) is 0 Å². The minimum atomic E-state index is -0.556. The Bertz CT molecular complexity index is 387. The van der Waals surface area contributed by atoms with Gasteiger partial charge in [-0.05, 0) is 34.2 Å². The molecule has 0 fully saturated rings. The molecule has 0 aliphatic rings. The quantitative estimate of drug-likeness (QED) is 0.844. The molecule has 1 atom stereocenters. The van der Waals surface area contributed by atoms with Crippen LogP contribution in [0.15, 0.2) is 6.20 Å². The Balaban J connectivity index is 2.66. The minimum absolute atomic E-state index is 0.0132. The van der Waals surface area contributed by atoms with Crippen LogP contribution in [-0.2, 0) is 11.2 Å². The van der Waals surface area contributed by atoms with Gasteiger partial charge in [0.15, 0.2) is 0 Å². The fourth-order valence-corrected chi connectivity index (χ4v) is 2.10. The third kappa shape index (κ3) is 3.51. The summed E-state index contributed by atoms with van der Waals surface area (Å²) in [5.41, 5.74) is -0.556. The van der Waals surface area contributed by atoms with Gasteiger partial charge in [0.05, 0.1) is 11.6 Å². The summed E-state index contributed by atoms with van der Waals surface area (Å²) in [5.74, 6) is -0.0132. The molecule has 4 nitrogen and oxygen atoms in total. The van der Waals surface area contributed by atoms with Gasteiger partial charge in [-0.25, -0.2) is 4.98 Å². The molecule has 0 radical (unpaired) electrons. The lowest BCUT2D eigenvalue weighted by atomic mass is 10.0. The Kier molecular flexibility index (Phi) is 4.65. The summed E-state index contributed by atoms with van der Waals surface area (Å²) in [4.78, 5) is 17.5. The minimum Gasteiger partial charge on any atom is -0.346 e. The highest BCUT2D eigenvalue weighted by Crippen LogP contribution is 2.20. The molecule has 0 spiro atoms. The number of nitrogens with one attached hydrogen (secondary N) is 2. The Morgan fingerprint density at radius 3 is 2.71 bits per heavy atom. The predicted octanol–water partition coefficient (Wildman–Crippen LogP) is 1.88. The lowest BCUT2D eigenvalue weighted by Crippen LogP contribution is -2.51. The maximum absolute atomic E-state index is 12.0. The number of thiazole rings is 1. The molecule has 1 heterocycles. The van der Waals surface area contributed by atoms with E-state index in [2.05, 4.69) is 22.5 Å². The maximum Gasteiger partial charge on any atom is 0.240 e. The number of nitrogens with zero attached hydrogens (tertiary/aromatic N) is 1. The fraction of sp³-hybridized carbons (Fsp3) is 0.667. The second-order valence-corrected chi connectivity index (χ2v) is 5.74.